The van der Waals surface area contributed by atoms with E-state index < -0.39 is 0 Å². The van der Waals surface area contributed by atoms with E-state index in [0.29, 0.717) is 0 Å². The maximum Gasteiger partial charge on any atom is 0.135 e. The van der Waals surface area contributed by atoms with Crippen molar-refractivity contribution < 1.29 is 9.15 Å². The third-order valence-electron chi connectivity index (χ3n) is 6.57. The lowest BCUT2D eigenvalue weighted by Gasteiger charge is -2.19. The van der Waals surface area contributed by atoms with Crippen molar-refractivity contribution in [3.8, 4) is 16.9 Å². The molecule has 1 atom stereocenters. The van der Waals surface area contributed by atoms with Gasteiger partial charge >= 0.3 is 0 Å². The normalized spacial score (nSPS) is 16.7. The molecule has 1 aromatic heterocycles. The van der Waals surface area contributed by atoms with Crippen LogP contribution in [0.5, 0.6) is 5.75 Å². The first-order valence-electron chi connectivity index (χ1n) is 11.3. The number of fused-ring (bicyclic) bond motifs is 6. The Morgan fingerprint density at radius 2 is 1.52 bits per heavy atom. The summed E-state index contributed by atoms with van der Waals surface area (Å²) in [6.45, 7) is 0. The molecule has 0 saturated carbocycles. The monoisotopic (exact) mass is 427 g/mol. The number of allylic oxidation sites excluding steroid dienone is 1. The molecule has 2 aliphatic rings. The molecule has 3 nitrogen and oxygen atoms in total. The quantitative estimate of drug-likeness (QED) is 0.319. The van der Waals surface area contributed by atoms with Gasteiger partial charge in [0.1, 0.15) is 23.0 Å². The Morgan fingerprint density at radius 3 is 2.45 bits per heavy atom. The zero-order chi connectivity index (χ0) is 21.8. The fraction of sp³-hybridized carbons (Fsp3) is 0.0667. The topological polar surface area (TPSA) is 34.4 Å². The standard InChI is InChI=1S/C30H21NO2/c1-3-9-26-22(6-1)24-18-20(14-17-28(24)32-26)19-12-15-21(16-13-19)31-25-8-5-11-29-30(25)23-7-2-4-10-27(23)33-29/h1-10,12-18,29,31H,11H2. The highest BCUT2D eigenvalue weighted by atomic mass is 16.5. The minimum Gasteiger partial charge on any atom is -0.485 e. The summed E-state index contributed by atoms with van der Waals surface area (Å²) in [5.41, 5.74) is 8.80. The first-order valence-corrected chi connectivity index (χ1v) is 11.3. The lowest BCUT2D eigenvalue weighted by atomic mass is 9.94. The minimum absolute atomic E-state index is 0.0886. The maximum atomic E-state index is 6.16. The Morgan fingerprint density at radius 1 is 0.727 bits per heavy atom. The van der Waals surface area contributed by atoms with Gasteiger partial charge in [0.15, 0.2) is 0 Å². The van der Waals surface area contributed by atoms with Crippen molar-refractivity contribution in [1.82, 2.24) is 0 Å². The van der Waals surface area contributed by atoms with Crippen molar-refractivity contribution >= 4 is 33.2 Å². The Balaban J connectivity index is 1.22. The third-order valence-corrected chi connectivity index (χ3v) is 6.57. The van der Waals surface area contributed by atoms with Gasteiger partial charge in [-0.3, -0.25) is 0 Å². The van der Waals surface area contributed by atoms with Crippen LogP contribution < -0.4 is 10.1 Å². The van der Waals surface area contributed by atoms with Crippen molar-refractivity contribution in [3.05, 3.63) is 114 Å². The third kappa shape index (κ3) is 2.97. The van der Waals surface area contributed by atoms with Crippen LogP contribution in [0.2, 0.25) is 0 Å². The van der Waals surface area contributed by atoms with Gasteiger partial charge in [0.2, 0.25) is 0 Å². The molecule has 7 rings (SSSR count). The van der Waals surface area contributed by atoms with Gasteiger partial charge < -0.3 is 14.5 Å². The Bertz CT molecular complexity index is 1590. The fourth-order valence-corrected chi connectivity index (χ4v) is 4.98. The van der Waals surface area contributed by atoms with E-state index in [1.165, 1.54) is 22.3 Å². The van der Waals surface area contributed by atoms with Crippen LogP contribution in [0.4, 0.5) is 5.69 Å². The second-order valence-electron chi connectivity index (χ2n) is 8.58. The summed E-state index contributed by atoms with van der Waals surface area (Å²) in [6, 6.07) is 31.5. The Labute approximate surface area is 191 Å². The van der Waals surface area contributed by atoms with Gasteiger partial charge in [0.05, 0.1) is 0 Å². The van der Waals surface area contributed by atoms with Gasteiger partial charge in [0.25, 0.3) is 0 Å². The van der Waals surface area contributed by atoms with Crippen LogP contribution in [0, 0.1) is 0 Å². The first-order chi connectivity index (χ1) is 16.3. The van der Waals surface area contributed by atoms with Gasteiger partial charge in [-0.05, 0) is 53.6 Å². The average molecular weight is 428 g/mol. The molecule has 0 radical (unpaired) electrons. The molecule has 0 spiro atoms. The fourth-order valence-electron chi connectivity index (χ4n) is 4.98. The zero-order valence-electron chi connectivity index (χ0n) is 17.9. The molecule has 3 heteroatoms. The van der Waals surface area contributed by atoms with E-state index in [0.717, 1.165) is 45.5 Å². The van der Waals surface area contributed by atoms with E-state index in [1.54, 1.807) is 0 Å². The van der Waals surface area contributed by atoms with Crippen molar-refractivity contribution in [3.63, 3.8) is 0 Å². The number of nitrogens with one attached hydrogen (secondary N) is 1. The van der Waals surface area contributed by atoms with Crippen molar-refractivity contribution in [2.24, 2.45) is 0 Å². The molecule has 158 valence electrons. The predicted molar refractivity (Wildman–Crippen MR) is 134 cm³/mol. The number of hydrogen-bond acceptors (Lipinski definition) is 3. The summed E-state index contributed by atoms with van der Waals surface area (Å²) in [5.74, 6) is 0.970. The van der Waals surface area contributed by atoms with Crippen LogP contribution in [-0.4, -0.2) is 6.10 Å². The zero-order valence-corrected chi connectivity index (χ0v) is 17.9. The lowest BCUT2D eigenvalue weighted by molar-refractivity contribution is 0.278. The van der Waals surface area contributed by atoms with E-state index >= 15 is 0 Å². The molecule has 0 amide bonds. The van der Waals surface area contributed by atoms with Crippen molar-refractivity contribution in [2.75, 3.05) is 5.32 Å². The summed E-state index contributed by atoms with van der Waals surface area (Å²) >= 11 is 0. The van der Waals surface area contributed by atoms with E-state index in [9.17, 15) is 0 Å². The van der Waals surface area contributed by atoms with Crippen LogP contribution >= 0.6 is 0 Å². The van der Waals surface area contributed by atoms with Gasteiger partial charge in [-0.1, -0.05) is 60.7 Å². The number of para-hydroxylation sites is 2. The average Bonchev–Trinajstić information content (AvgIpc) is 3.43. The van der Waals surface area contributed by atoms with Gasteiger partial charge in [-0.15, -0.1) is 0 Å². The molecule has 0 fully saturated rings. The molecule has 1 N–H and O–H groups in total. The second-order valence-corrected chi connectivity index (χ2v) is 8.58. The van der Waals surface area contributed by atoms with Crippen LogP contribution in [0.25, 0.3) is 38.6 Å². The summed E-state index contributed by atoms with van der Waals surface area (Å²) in [7, 11) is 0. The number of anilines is 1. The summed E-state index contributed by atoms with van der Waals surface area (Å²) in [6.07, 6.45) is 5.34. The number of ether oxygens (including phenoxy) is 1. The summed E-state index contributed by atoms with van der Waals surface area (Å²) in [5, 5.41) is 5.92. The van der Waals surface area contributed by atoms with E-state index in [2.05, 4.69) is 84.2 Å². The van der Waals surface area contributed by atoms with Crippen LogP contribution in [-0.2, 0) is 0 Å². The predicted octanol–water partition coefficient (Wildman–Crippen LogP) is 7.80. The smallest absolute Gasteiger partial charge is 0.135 e. The molecule has 1 aliphatic carbocycles. The van der Waals surface area contributed by atoms with E-state index in [4.69, 9.17) is 9.15 Å². The molecule has 33 heavy (non-hydrogen) atoms. The number of benzene rings is 4. The lowest BCUT2D eigenvalue weighted by Crippen LogP contribution is -2.17. The molecular formula is C30H21NO2. The highest BCUT2D eigenvalue weighted by Crippen LogP contribution is 2.43. The molecule has 0 saturated heterocycles. The number of hydrogen-bond donors (Lipinski definition) is 1. The molecule has 2 heterocycles. The Hall–Kier alpha value is -4.24. The summed E-state index contributed by atoms with van der Waals surface area (Å²) in [4.78, 5) is 0. The minimum atomic E-state index is 0.0886. The summed E-state index contributed by atoms with van der Waals surface area (Å²) < 4.78 is 12.1. The number of rotatable bonds is 3. The Kier molecular flexibility index (Phi) is 3.97. The molecule has 0 bridgehead atoms. The van der Waals surface area contributed by atoms with Crippen LogP contribution in [0.1, 0.15) is 12.0 Å². The van der Waals surface area contributed by atoms with Crippen LogP contribution in [0.15, 0.2) is 113 Å². The molecular weight excluding hydrogens is 406 g/mol. The largest absolute Gasteiger partial charge is 0.485 e. The first kappa shape index (κ1) is 18.3. The van der Waals surface area contributed by atoms with Gasteiger partial charge in [-0.25, -0.2) is 0 Å². The van der Waals surface area contributed by atoms with E-state index in [-0.39, 0.29) is 6.10 Å². The molecule has 4 aromatic carbocycles. The van der Waals surface area contributed by atoms with Gasteiger partial charge in [-0.2, -0.15) is 0 Å². The molecule has 1 aliphatic heterocycles. The van der Waals surface area contributed by atoms with Crippen molar-refractivity contribution in [1.29, 1.82) is 0 Å². The SMILES string of the molecule is C1=CC(Nc2ccc(-c3ccc4oc5ccccc5c4c3)cc2)=C2c3ccccc3OC2C1. The maximum absolute atomic E-state index is 6.16. The van der Waals surface area contributed by atoms with Crippen molar-refractivity contribution in [2.45, 2.75) is 12.5 Å². The molecule has 5 aromatic rings. The highest BCUT2D eigenvalue weighted by Gasteiger charge is 2.31. The van der Waals surface area contributed by atoms with Gasteiger partial charge in [0, 0.05) is 39.7 Å². The second kappa shape index (κ2) is 7.14. The highest BCUT2D eigenvalue weighted by molar-refractivity contribution is 6.06. The van der Waals surface area contributed by atoms with E-state index in [1.807, 2.05) is 24.3 Å². The molecule has 1 unspecified atom stereocenters. The van der Waals surface area contributed by atoms with Crippen LogP contribution in [0.3, 0.4) is 0 Å². The number of furan rings is 1.